The van der Waals surface area contributed by atoms with Crippen molar-refractivity contribution in [3.05, 3.63) is 29.8 Å². The maximum absolute atomic E-state index is 11.8. The van der Waals surface area contributed by atoms with Crippen molar-refractivity contribution in [3.8, 4) is 0 Å². The molecule has 1 unspecified atom stereocenters. The van der Waals surface area contributed by atoms with Crippen molar-refractivity contribution >= 4 is 11.6 Å². The Labute approximate surface area is 115 Å². The number of rotatable bonds is 7. The lowest BCUT2D eigenvalue weighted by molar-refractivity contribution is 0.0945. The average Bonchev–Trinajstić information content (AvgIpc) is 2.42. The zero-order valence-corrected chi connectivity index (χ0v) is 11.9. The fourth-order valence-corrected chi connectivity index (χ4v) is 1.98. The largest absolute Gasteiger partial charge is 0.395 e. The number of amides is 1. The SMILES string of the molecule is CCC(Nc1cccc(C(=O)NCCO)c1)C(C)C. The Bertz CT molecular complexity index is 405. The van der Waals surface area contributed by atoms with Gasteiger partial charge in [0.15, 0.2) is 0 Å². The summed E-state index contributed by atoms with van der Waals surface area (Å²) in [7, 11) is 0. The second-order valence-corrected chi connectivity index (χ2v) is 4.96. The Hall–Kier alpha value is -1.55. The zero-order valence-electron chi connectivity index (χ0n) is 11.9. The molecular weight excluding hydrogens is 240 g/mol. The molecule has 0 saturated carbocycles. The molecule has 1 aromatic carbocycles. The number of anilines is 1. The highest BCUT2D eigenvalue weighted by Crippen LogP contribution is 2.16. The third-order valence-electron chi connectivity index (χ3n) is 3.12. The van der Waals surface area contributed by atoms with Crippen molar-refractivity contribution in [1.82, 2.24) is 5.32 Å². The van der Waals surface area contributed by atoms with Crippen LogP contribution in [0.25, 0.3) is 0 Å². The van der Waals surface area contributed by atoms with E-state index in [4.69, 9.17) is 5.11 Å². The number of benzene rings is 1. The van der Waals surface area contributed by atoms with Gasteiger partial charge in [-0.05, 0) is 30.5 Å². The molecular formula is C15H24N2O2. The molecule has 0 bridgehead atoms. The van der Waals surface area contributed by atoms with Crippen LogP contribution in [-0.2, 0) is 0 Å². The molecule has 0 aromatic heterocycles. The van der Waals surface area contributed by atoms with E-state index in [0.717, 1.165) is 12.1 Å². The van der Waals surface area contributed by atoms with Gasteiger partial charge in [0.2, 0.25) is 0 Å². The van der Waals surface area contributed by atoms with Crippen molar-refractivity contribution in [3.63, 3.8) is 0 Å². The van der Waals surface area contributed by atoms with Crippen LogP contribution in [0.5, 0.6) is 0 Å². The smallest absolute Gasteiger partial charge is 0.251 e. The van der Waals surface area contributed by atoms with E-state index >= 15 is 0 Å². The minimum atomic E-state index is -0.157. The van der Waals surface area contributed by atoms with E-state index in [0.29, 0.717) is 17.5 Å². The second-order valence-electron chi connectivity index (χ2n) is 4.96. The summed E-state index contributed by atoms with van der Waals surface area (Å²) in [6.07, 6.45) is 1.04. The van der Waals surface area contributed by atoms with Crippen LogP contribution >= 0.6 is 0 Å². The summed E-state index contributed by atoms with van der Waals surface area (Å²) in [5, 5.41) is 14.8. The van der Waals surface area contributed by atoms with Gasteiger partial charge >= 0.3 is 0 Å². The van der Waals surface area contributed by atoms with Gasteiger partial charge in [0.05, 0.1) is 6.61 Å². The van der Waals surface area contributed by atoms with Gasteiger partial charge in [0, 0.05) is 23.8 Å². The molecule has 0 aliphatic rings. The van der Waals surface area contributed by atoms with Gasteiger partial charge in [-0.15, -0.1) is 0 Å². The number of carbonyl (C=O) groups excluding carboxylic acids is 1. The summed E-state index contributed by atoms with van der Waals surface area (Å²) in [5.74, 6) is 0.382. The highest BCUT2D eigenvalue weighted by Gasteiger charge is 2.11. The van der Waals surface area contributed by atoms with Crippen LogP contribution in [0.3, 0.4) is 0 Å². The van der Waals surface area contributed by atoms with Crippen LogP contribution in [0.15, 0.2) is 24.3 Å². The lowest BCUT2D eigenvalue weighted by Gasteiger charge is -2.22. The molecule has 0 spiro atoms. The van der Waals surface area contributed by atoms with Crippen molar-refractivity contribution in [2.24, 2.45) is 5.92 Å². The molecule has 0 heterocycles. The standard InChI is InChI=1S/C15H24N2O2/c1-4-14(11(2)3)17-13-7-5-6-12(10-13)15(19)16-8-9-18/h5-7,10-11,14,17-18H,4,8-9H2,1-3H3,(H,16,19). The molecule has 106 valence electrons. The zero-order chi connectivity index (χ0) is 14.3. The normalized spacial score (nSPS) is 12.3. The molecule has 1 rings (SSSR count). The number of hydrogen-bond donors (Lipinski definition) is 3. The monoisotopic (exact) mass is 264 g/mol. The predicted octanol–water partition coefficient (Wildman–Crippen LogP) is 2.26. The van der Waals surface area contributed by atoms with E-state index in [1.54, 1.807) is 6.07 Å². The Morgan fingerprint density at radius 2 is 2.11 bits per heavy atom. The van der Waals surface area contributed by atoms with Gasteiger partial charge in [0.25, 0.3) is 5.91 Å². The molecule has 0 radical (unpaired) electrons. The molecule has 19 heavy (non-hydrogen) atoms. The summed E-state index contributed by atoms with van der Waals surface area (Å²) in [5.41, 5.74) is 1.56. The minimum Gasteiger partial charge on any atom is -0.395 e. The Morgan fingerprint density at radius 1 is 1.37 bits per heavy atom. The Morgan fingerprint density at radius 3 is 2.68 bits per heavy atom. The van der Waals surface area contributed by atoms with Gasteiger partial charge in [0.1, 0.15) is 0 Å². The molecule has 4 nitrogen and oxygen atoms in total. The summed E-state index contributed by atoms with van der Waals surface area (Å²) < 4.78 is 0. The highest BCUT2D eigenvalue weighted by molar-refractivity contribution is 5.95. The van der Waals surface area contributed by atoms with Crippen molar-refractivity contribution in [2.75, 3.05) is 18.5 Å². The molecule has 3 N–H and O–H groups in total. The maximum atomic E-state index is 11.8. The molecule has 0 aliphatic carbocycles. The first-order valence-electron chi connectivity index (χ1n) is 6.84. The number of aliphatic hydroxyl groups is 1. The average molecular weight is 264 g/mol. The number of carbonyl (C=O) groups is 1. The fraction of sp³-hybridized carbons (Fsp3) is 0.533. The number of nitrogens with one attached hydrogen (secondary N) is 2. The van der Waals surface area contributed by atoms with E-state index in [1.807, 2.05) is 18.2 Å². The van der Waals surface area contributed by atoms with E-state index in [1.165, 1.54) is 0 Å². The quantitative estimate of drug-likeness (QED) is 0.708. The summed E-state index contributed by atoms with van der Waals surface area (Å²) in [6, 6.07) is 7.85. The van der Waals surface area contributed by atoms with Crippen LogP contribution < -0.4 is 10.6 Å². The third-order valence-corrected chi connectivity index (χ3v) is 3.12. The molecule has 0 fully saturated rings. The van der Waals surface area contributed by atoms with Gasteiger partial charge < -0.3 is 15.7 Å². The van der Waals surface area contributed by atoms with Gasteiger partial charge in [-0.3, -0.25) is 4.79 Å². The molecule has 1 amide bonds. The highest BCUT2D eigenvalue weighted by atomic mass is 16.3. The summed E-state index contributed by atoms with van der Waals surface area (Å²) in [6.45, 7) is 6.74. The molecule has 1 aromatic rings. The van der Waals surface area contributed by atoms with Crippen molar-refractivity contribution in [2.45, 2.75) is 33.2 Å². The Balaban J connectivity index is 2.73. The van der Waals surface area contributed by atoms with E-state index in [9.17, 15) is 4.79 Å². The van der Waals surface area contributed by atoms with Crippen molar-refractivity contribution in [1.29, 1.82) is 0 Å². The summed E-state index contributed by atoms with van der Waals surface area (Å²) in [4.78, 5) is 11.8. The first-order chi connectivity index (χ1) is 9.08. The molecule has 4 heteroatoms. The van der Waals surface area contributed by atoms with Crippen LogP contribution in [0.1, 0.15) is 37.6 Å². The van der Waals surface area contributed by atoms with Crippen LogP contribution in [0.4, 0.5) is 5.69 Å². The molecule has 1 atom stereocenters. The number of aliphatic hydroxyl groups excluding tert-OH is 1. The van der Waals surface area contributed by atoms with E-state index < -0.39 is 0 Å². The van der Waals surface area contributed by atoms with Crippen LogP contribution in [0.2, 0.25) is 0 Å². The predicted molar refractivity (Wildman–Crippen MR) is 78.4 cm³/mol. The maximum Gasteiger partial charge on any atom is 0.251 e. The van der Waals surface area contributed by atoms with Crippen molar-refractivity contribution < 1.29 is 9.90 Å². The van der Waals surface area contributed by atoms with Crippen LogP contribution in [0, 0.1) is 5.92 Å². The topological polar surface area (TPSA) is 61.4 Å². The molecule has 0 aliphatic heterocycles. The van der Waals surface area contributed by atoms with Crippen LogP contribution in [-0.4, -0.2) is 30.2 Å². The Kier molecular flexibility index (Phi) is 6.36. The fourth-order valence-electron chi connectivity index (χ4n) is 1.98. The first kappa shape index (κ1) is 15.5. The second kappa shape index (κ2) is 7.79. The van der Waals surface area contributed by atoms with E-state index in [2.05, 4.69) is 31.4 Å². The minimum absolute atomic E-state index is 0.0467. The van der Waals surface area contributed by atoms with Gasteiger partial charge in [-0.25, -0.2) is 0 Å². The van der Waals surface area contributed by atoms with Gasteiger partial charge in [-0.2, -0.15) is 0 Å². The molecule has 0 saturated heterocycles. The lowest BCUT2D eigenvalue weighted by Crippen LogP contribution is -2.27. The lowest BCUT2D eigenvalue weighted by atomic mass is 10.0. The van der Waals surface area contributed by atoms with Gasteiger partial charge in [-0.1, -0.05) is 26.8 Å². The van der Waals surface area contributed by atoms with E-state index in [-0.39, 0.29) is 19.1 Å². The summed E-state index contributed by atoms with van der Waals surface area (Å²) >= 11 is 0. The third kappa shape index (κ3) is 4.91. The first-order valence-corrected chi connectivity index (χ1v) is 6.84. The number of hydrogen-bond acceptors (Lipinski definition) is 3.